The van der Waals surface area contributed by atoms with Crippen molar-refractivity contribution in [1.29, 1.82) is 0 Å². The average molecular weight is 356 g/mol. The zero-order valence-corrected chi connectivity index (χ0v) is 13.3. The molecule has 1 aliphatic rings. The van der Waals surface area contributed by atoms with Gasteiger partial charge >= 0.3 is 0 Å². The first-order valence-electron chi connectivity index (χ1n) is 6.02. The third-order valence-electron chi connectivity index (χ3n) is 3.16. The topological polar surface area (TPSA) is 107 Å². The predicted molar refractivity (Wildman–Crippen MR) is 81.3 cm³/mol. The highest BCUT2D eigenvalue weighted by molar-refractivity contribution is 7.89. The summed E-state index contributed by atoms with van der Waals surface area (Å²) in [6.45, 7) is 0.484. The lowest BCUT2D eigenvalue weighted by Gasteiger charge is -2.29. The summed E-state index contributed by atoms with van der Waals surface area (Å²) in [4.78, 5) is 9.91. The van der Waals surface area contributed by atoms with Crippen molar-refractivity contribution >= 4 is 39.7 Å². The molecule has 0 saturated carbocycles. The van der Waals surface area contributed by atoms with Gasteiger partial charge in [-0.05, 0) is 25.0 Å². The molecule has 1 saturated heterocycles. The molecule has 1 aromatic rings. The monoisotopic (exact) mass is 355 g/mol. The molecule has 21 heavy (non-hydrogen) atoms. The maximum atomic E-state index is 12.5. The largest absolute Gasteiger partial charge is 0.327 e. The van der Waals surface area contributed by atoms with Gasteiger partial charge in [0.15, 0.2) is 4.90 Å². The van der Waals surface area contributed by atoms with Crippen LogP contribution in [-0.4, -0.2) is 36.8 Å². The number of hydrogen-bond acceptors (Lipinski definition) is 5. The molecule has 1 aromatic carbocycles. The summed E-state index contributed by atoms with van der Waals surface area (Å²) < 4.78 is 26.2. The molecule has 1 heterocycles. The molecule has 2 rings (SSSR count). The van der Waals surface area contributed by atoms with E-state index in [9.17, 15) is 18.5 Å². The first-order chi connectivity index (χ1) is 9.32. The van der Waals surface area contributed by atoms with Gasteiger partial charge < -0.3 is 5.73 Å². The first-order valence-corrected chi connectivity index (χ1v) is 7.84. The normalized spacial score (nSPS) is 19.8. The van der Waals surface area contributed by atoms with Crippen LogP contribution < -0.4 is 5.73 Å². The van der Waals surface area contributed by atoms with E-state index in [1.165, 1.54) is 10.4 Å². The second kappa shape index (κ2) is 6.89. The van der Waals surface area contributed by atoms with E-state index >= 15 is 0 Å². The molecule has 10 heteroatoms. The average Bonchev–Trinajstić information content (AvgIpc) is 2.38. The molecule has 2 N–H and O–H groups in total. The highest BCUT2D eigenvalue weighted by Crippen LogP contribution is 2.30. The third kappa shape index (κ3) is 3.83. The van der Waals surface area contributed by atoms with E-state index in [1.54, 1.807) is 0 Å². The maximum Gasteiger partial charge on any atom is 0.290 e. The lowest BCUT2D eigenvalue weighted by molar-refractivity contribution is -0.387. The van der Waals surface area contributed by atoms with Gasteiger partial charge in [-0.25, -0.2) is 8.42 Å². The fourth-order valence-electron chi connectivity index (χ4n) is 2.18. The van der Waals surface area contributed by atoms with Crippen LogP contribution in [0.25, 0.3) is 0 Å². The molecule has 0 bridgehead atoms. The van der Waals surface area contributed by atoms with E-state index in [1.807, 2.05) is 0 Å². The third-order valence-corrected chi connectivity index (χ3v) is 5.30. The van der Waals surface area contributed by atoms with Crippen LogP contribution in [0, 0.1) is 10.1 Å². The van der Waals surface area contributed by atoms with Gasteiger partial charge in [0.1, 0.15) is 0 Å². The number of benzene rings is 1. The minimum absolute atomic E-state index is 0. The fraction of sp³-hybridized carbons (Fsp3) is 0.455. The number of rotatable bonds is 3. The van der Waals surface area contributed by atoms with Crippen molar-refractivity contribution in [2.45, 2.75) is 23.8 Å². The van der Waals surface area contributed by atoms with Crippen LogP contribution in [-0.2, 0) is 10.0 Å². The van der Waals surface area contributed by atoms with Gasteiger partial charge in [0.25, 0.3) is 5.69 Å². The summed E-state index contributed by atoms with van der Waals surface area (Å²) in [6.07, 6.45) is 1.39. The molecule has 0 amide bonds. The molecular weight excluding hydrogens is 341 g/mol. The van der Waals surface area contributed by atoms with Gasteiger partial charge in [0.2, 0.25) is 10.0 Å². The Kier molecular flexibility index (Phi) is 5.94. The van der Waals surface area contributed by atoms with E-state index in [4.69, 9.17) is 17.3 Å². The summed E-state index contributed by atoms with van der Waals surface area (Å²) in [5.41, 5.74) is 5.24. The second-order valence-corrected chi connectivity index (χ2v) is 6.98. The number of piperidine rings is 1. The number of sulfonamides is 1. The maximum absolute atomic E-state index is 12.5. The van der Waals surface area contributed by atoms with Gasteiger partial charge in [-0.2, -0.15) is 4.31 Å². The van der Waals surface area contributed by atoms with Crippen LogP contribution in [0.4, 0.5) is 5.69 Å². The van der Waals surface area contributed by atoms with Gasteiger partial charge in [0.05, 0.1) is 4.92 Å². The van der Waals surface area contributed by atoms with Crippen LogP contribution in [0.2, 0.25) is 5.02 Å². The SMILES string of the molecule is Cl.NC1CCCN(S(=O)(=O)c2ccc(Cl)cc2[N+](=O)[O-])C1. The Hall–Kier alpha value is -0.930. The van der Waals surface area contributed by atoms with Crippen LogP contribution in [0.1, 0.15) is 12.8 Å². The highest BCUT2D eigenvalue weighted by atomic mass is 35.5. The van der Waals surface area contributed by atoms with Crippen molar-refractivity contribution in [2.24, 2.45) is 5.73 Å². The van der Waals surface area contributed by atoms with Gasteiger partial charge in [-0.3, -0.25) is 10.1 Å². The number of nitrogens with zero attached hydrogens (tertiary/aromatic N) is 2. The molecule has 1 unspecified atom stereocenters. The van der Waals surface area contributed by atoms with Crippen molar-refractivity contribution in [1.82, 2.24) is 4.31 Å². The summed E-state index contributed by atoms with van der Waals surface area (Å²) in [5.74, 6) is 0. The van der Waals surface area contributed by atoms with Gasteiger partial charge in [-0.15, -0.1) is 12.4 Å². The van der Waals surface area contributed by atoms with Crippen LogP contribution >= 0.6 is 24.0 Å². The fourth-order valence-corrected chi connectivity index (χ4v) is 4.02. The quantitative estimate of drug-likeness (QED) is 0.656. The molecule has 118 valence electrons. The predicted octanol–water partition coefficient (Wildman–Crippen LogP) is 1.78. The van der Waals surface area contributed by atoms with Gasteiger partial charge in [0, 0.05) is 30.2 Å². The Bertz CT molecular complexity index is 638. The minimum atomic E-state index is -3.93. The number of nitrogens with two attached hydrogens (primary N) is 1. The number of halogens is 2. The Balaban J connectivity index is 0.00000220. The Morgan fingerprint density at radius 2 is 2.10 bits per heavy atom. The zero-order valence-electron chi connectivity index (χ0n) is 10.9. The van der Waals surface area contributed by atoms with Crippen molar-refractivity contribution in [3.05, 3.63) is 33.3 Å². The Labute approximate surface area is 133 Å². The summed E-state index contributed by atoms with van der Waals surface area (Å²) in [5, 5.41) is 11.1. The Morgan fingerprint density at radius 3 is 2.67 bits per heavy atom. The first kappa shape index (κ1) is 18.1. The number of nitro benzene ring substituents is 1. The molecule has 1 aliphatic heterocycles. The second-order valence-electron chi connectivity index (χ2n) is 4.63. The summed E-state index contributed by atoms with van der Waals surface area (Å²) >= 11 is 5.69. The van der Waals surface area contributed by atoms with Crippen LogP contribution in [0.3, 0.4) is 0 Å². The molecule has 1 fully saturated rings. The van der Waals surface area contributed by atoms with E-state index in [0.717, 1.165) is 18.6 Å². The smallest absolute Gasteiger partial charge is 0.290 e. The molecule has 0 radical (unpaired) electrons. The van der Waals surface area contributed by atoms with Crippen molar-refractivity contribution in [3.8, 4) is 0 Å². The lowest BCUT2D eigenvalue weighted by Crippen LogP contribution is -2.45. The molecule has 0 spiro atoms. The number of hydrogen-bond donors (Lipinski definition) is 1. The number of nitro groups is 1. The van der Waals surface area contributed by atoms with Crippen molar-refractivity contribution in [3.63, 3.8) is 0 Å². The van der Waals surface area contributed by atoms with E-state index in [-0.39, 0.29) is 34.9 Å². The van der Waals surface area contributed by atoms with Crippen LogP contribution in [0.5, 0.6) is 0 Å². The lowest BCUT2D eigenvalue weighted by atomic mass is 10.1. The summed E-state index contributed by atoms with van der Waals surface area (Å²) in [6, 6.07) is 3.28. The van der Waals surface area contributed by atoms with Crippen molar-refractivity contribution in [2.75, 3.05) is 13.1 Å². The minimum Gasteiger partial charge on any atom is -0.327 e. The van der Waals surface area contributed by atoms with E-state index in [2.05, 4.69) is 0 Å². The Morgan fingerprint density at radius 1 is 1.43 bits per heavy atom. The standard InChI is InChI=1S/C11H14ClN3O4S.ClH/c12-8-3-4-11(10(6-8)15(16)17)20(18,19)14-5-1-2-9(13)7-14;/h3-4,6,9H,1-2,5,7,13H2;1H. The summed E-state index contributed by atoms with van der Waals surface area (Å²) in [7, 11) is -3.93. The molecular formula is C11H15Cl2N3O4S. The molecule has 0 aliphatic carbocycles. The van der Waals surface area contributed by atoms with Crippen molar-refractivity contribution < 1.29 is 13.3 Å². The van der Waals surface area contributed by atoms with Gasteiger partial charge in [-0.1, -0.05) is 11.6 Å². The van der Waals surface area contributed by atoms with Crippen LogP contribution in [0.15, 0.2) is 23.1 Å². The highest BCUT2D eigenvalue weighted by Gasteiger charge is 2.34. The zero-order chi connectivity index (χ0) is 14.9. The molecule has 7 nitrogen and oxygen atoms in total. The molecule has 0 aromatic heterocycles. The molecule has 1 atom stereocenters. The van der Waals surface area contributed by atoms with E-state index in [0.29, 0.717) is 13.0 Å². The van der Waals surface area contributed by atoms with E-state index < -0.39 is 20.6 Å².